The van der Waals surface area contributed by atoms with Gasteiger partial charge in [0.2, 0.25) is 5.89 Å². The second kappa shape index (κ2) is 9.07. The van der Waals surface area contributed by atoms with E-state index in [-0.39, 0.29) is 0 Å². The van der Waals surface area contributed by atoms with Crippen LogP contribution in [-0.2, 0) is 5.75 Å². The molecule has 0 aliphatic heterocycles. The van der Waals surface area contributed by atoms with Crippen molar-refractivity contribution in [3.8, 4) is 34.1 Å². The molecule has 32 heavy (non-hydrogen) atoms. The van der Waals surface area contributed by atoms with E-state index in [0.717, 1.165) is 39.3 Å². The number of thioether (sulfide) groups is 1. The van der Waals surface area contributed by atoms with Crippen LogP contribution in [0.5, 0.6) is 5.75 Å². The van der Waals surface area contributed by atoms with Gasteiger partial charge < -0.3 is 9.15 Å². The fourth-order valence-corrected chi connectivity index (χ4v) is 4.06. The van der Waals surface area contributed by atoms with E-state index in [4.69, 9.17) is 9.15 Å². The molecule has 0 saturated heterocycles. The highest BCUT2D eigenvalue weighted by Crippen LogP contribution is 2.31. The average molecular weight is 442 g/mol. The summed E-state index contributed by atoms with van der Waals surface area (Å²) in [4.78, 5) is 8.53. The Kier molecular flexibility index (Phi) is 5.67. The van der Waals surface area contributed by atoms with Gasteiger partial charge in [-0.05, 0) is 36.4 Å². The Morgan fingerprint density at radius 2 is 1.69 bits per heavy atom. The first-order chi connectivity index (χ1) is 15.8. The molecule has 158 valence electrons. The van der Waals surface area contributed by atoms with Crippen molar-refractivity contribution in [3.05, 3.63) is 91.2 Å². The molecular weight excluding hydrogens is 422 g/mol. The van der Waals surface area contributed by atoms with Crippen LogP contribution in [0.4, 0.5) is 0 Å². The summed E-state index contributed by atoms with van der Waals surface area (Å²) in [6.45, 7) is 0. The van der Waals surface area contributed by atoms with Crippen LogP contribution in [-0.4, -0.2) is 31.8 Å². The smallest absolute Gasteiger partial charge is 0.205 e. The van der Waals surface area contributed by atoms with Crippen molar-refractivity contribution in [1.82, 2.24) is 24.7 Å². The van der Waals surface area contributed by atoms with E-state index in [9.17, 15) is 0 Å². The second-order valence-electron chi connectivity index (χ2n) is 6.85. The van der Waals surface area contributed by atoms with E-state index in [1.165, 1.54) is 11.8 Å². The number of rotatable bonds is 7. The minimum absolute atomic E-state index is 0.525. The molecule has 0 bridgehead atoms. The largest absolute Gasteiger partial charge is 0.497 e. The SMILES string of the molecule is COc1ccc(-n2c(SCc3ncc(-c4ccccc4)o3)nnc2-c2ccncc2)cc1. The van der Waals surface area contributed by atoms with Gasteiger partial charge in [0, 0.05) is 29.2 Å². The molecule has 0 saturated carbocycles. The predicted octanol–water partition coefficient (Wildman–Crippen LogP) is 5.29. The number of hydrogen-bond acceptors (Lipinski definition) is 7. The summed E-state index contributed by atoms with van der Waals surface area (Å²) in [6.07, 6.45) is 5.24. The molecule has 3 aromatic heterocycles. The summed E-state index contributed by atoms with van der Waals surface area (Å²) in [6, 6.07) is 21.6. The standard InChI is InChI=1S/C24H19N5O2S/c1-30-20-9-7-19(8-10-20)29-23(18-11-13-25-14-12-18)27-28-24(29)32-16-22-26-15-21(31-22)17-5-3-2-4-6-17/h2-15H,16H2,1H3. The molecule has 0 radical (unpaired) electrons. The lowest BCUT2D eigenvalue weighted by atomic mass is 10.2. The number of pyridine rings is 1. The van der Waals surface area contributed by atoms with E-state index in [2.05, 4.69) is 20.2 Å². The number of oxazole rings is 1. The number of ether oxygens (including phenoxy) is 1. The van der Waals surface area contributed by atoms with Crippen LogP contribution in [0, 0.1) is 0 Å². The van der Waals surface area contributed by atoms with Gasteiger partial charge in [0.25, 0.3) is 0 Å². The van der Waals surface area contributed by atoms with Crippen LogP contribution in [0.25, 0.3) is 28.4 Å². The number of benzene rings is 2. The molecule has 0 amide bonds. The Morgan fingerprint density at radius 1 is 0.906 bits per heavy atom. The van der Waals surface area contributed by atoms with E-state index in [1.54, 1.807) is 25.7 Å². The van der Waals surface area contributed by atoms with Crippen LogP contribution in [0.1, 0.15) is 5.89 Å². The molecule has 2 aromatic carbocycles. The van der Waals surface area contributed by atoms with E-state index in [1.807, 2.05) is 71.3 Å². The monoisotopic (exact) mass is 441 g/mol. The number of nitrogens with zero attached hydrogens (tertiary/aromatic N) is 5. The zero-order valence-corrected chi connectivity index (χ0v) is 18.1. The summed E-state index contributed by atoms with van der Waals surface area (Å²) < 4.78 is 13.3. The minimum Gasteiger partial charge on any atom is -0.497 e. The molecule has 0 atom stereocenters. The summed E-state index contributed by atoms with van der Waals surface area (Å²) in [5, 5.41) is 9.64. The number of methoxy groups -OCH3 is 1. The number of aromatic nitrogens is 5. The van der Waals surface area contributed by atoms with Crippen molar-refractivity contribution in [2.45, 2.75) is 10.9 Å². The third kappa shape index (κ3) is 4.13. The molecule has 8 heteroatoms. The van der Waals surface area contributed by atoms with Gasteiger partial charge in [-0.25, -0.2) is 4.98 Å². The summed E-state index contributed by atoms with van der Waals surface area (Å²) in [5.74, 6) is 3.42. The van der Waals surface area contributed by atoms with Gasteiger partial charge in [-0.3, -0.25) is 9.55 Å². The second-order valence-corrected chi connectivity index (χ2v) is 7.79. The molecule has 0 N–H and O–H groups in total. The summed E-state index contributed by atoms with van der Waals surface area (Å²) >= 11 is 1.52. The predicted molar refractivity (Wildman–Crippen MR) is 123 cm³/mol. The van der Waals surface area contributed by atoms with Gasteiger partial charge in [-0.15, -0.1) is 10.2 Å². The van der Waals surface area contributed by atoms with E-state index >= 15 is 0 Å². The van der Waals surface area contributed by atoms with Crippen molar-refractivity contribution in [2.75, 3.05) is 7.11 Å². The molecule has 0 spiro atoms. The first-order valence-electron chi connectivity index (χ1n) is 9.95. The van der Waals surface area contributed by atoms with Crippen LogP contribution >= 0.6 is 11.8 Å². The molecule has 3 heterocycles. The van der Waals surface area contributed by atoms with Gasteiger partial charge in [-0.2, -0.15) is 0 Å². The Hall–Kier alpha value is -3.91. The first-order valence-corrected chi connectivity index (χ1v) is 10.9. The summed E-state index contributed by atoms with van der Waals surface area (Å²) in [5.41, 5.74) is 2.86. The van der Waals surface area contributed by atoms with Gasteiger partial charge in [0.1, 0.15) is 5.75 Å². The normalized spacial score (nSPS) is 10.9. The fourth-order valence-electron chi connectivity index (χ4n) is 3.25. The Bertz CT molecular complexity index is 1300. The van der Waals surface area contributed by atoms with Crippen molar-refractivity contribution < 1.29 is 9.15 Å². The third-order valence-corrected chi connectivity index (χ3v) is 5.75. The Morgan fingerprint density at radius 3 is 2.44 bits per heavy atom. The van der Waals surface area contributed by atoms with E-state index < -0.39 is 0 Å². The highest BCUT2D eigenvalue weighted by atomic mass is 32.2. The lowest BCUT2D eigenvalue weighted by molar-refractivity contribution is 0.414. The maximum atomic E-state index is 5.94. The highest BCUT2D eigenvalue weighted by molar-refractivity contribution is 7.98. The van der Waals surface area contributed by atoms with Gasteiger partial charge in [0.15, 0.2) is 16.7 Å². The van der Waals surface area contributed by atoms with Gasteiger partial charge >= 0.3 is 0 Å². The zero-order chi connectivity index (χ0) is 21.8. The zero-order valence-electron chi connectivity index (χ0n) is 17.3. The van der Waals surface area contributed by atoms with E-state index in [0.29, 0.717) is 11.6 Å². The van der Waals surface area contributed by atoms with Crippen LogP contribution in [0.2, 0.25) is 0 Å². The van der Waals surface area contributed by atoms with Gasteiger partial charge in [0.05, 0.1) is 19.1 Å². The topological polar surface area (TPSA) is 78.9 Å². The van der Waals surface area contributed by atoms with Crippen molar-refractivity contribution >= 4 is 11.8 Å². The lowest BCUT2D eigenvalue weighted by Gasteiger charge is -2.10. The molecule has 0 unspecified atom stereocenters. The lowest BCUT2D eigenvalue weighted by Crippen LogP contribution is -2.00. The van der Waals surface area contributed by atoms with Crippen molar-refractivity contribution in [1.29, 1.82) is 0 Å². The Labute approximate surface area is 189 Å². The third-order valence-electron chi connectivity index (χ3n) is 4.84. The molecule has 0 aliphatic rings. The van der Waals surface area contributed by atoms with Crippen LogP contribution in [0.15, 0.2) is 94.9 Å². The summed E-state index contributed by atoms with van der Waals surface area (Å²) in [7, 11) is 1.65. The average Bonchev–Trinajstić information content (AvgIpc) is 3.51. The minimum atomic E-state index is 0.525. The first kappa shape index (κ1) is 20.0. The van der Waals surface area contributed by atoms with Gasteiger partial charge in [-0.1, -0.05) is 42.1 Å². The maximum absolute atomic E-state index is 5.94. The molecule has 0 fully saturated rings. The fraction of sp³-hybridized carbons (Fsp3) is 0.0833. The maximum Gasteiger partial charge on any atom is 0.205 e. The quantitative estimate of drug-likeness (QED) is 0.318. The number of hydrogen-bond donors (Lipinski definition) is 0. The molecule has 5 rings (SSSR count). The highest BCUT2D eigenvalue weighted by Gasteiger charge is 2.17. The van der Waals surface area contributed by atoms with Crippen molar-refractivity contribution in [3.63, 3.8) is 0 Å². The van der Waals surface area contributed by atoms with Crippen LogP contribution < -0.4 is 4.74 Å². The molecular formula is C24H19N5O2S. The molecule has 7 nitrogen and oxygen atoms in total. The molecule has 0 aliphatic carbocycles. The van der Waals surface area contributed by atoms with Crippen LogP contribution in [0.3, 0.4) is 0 Å². The van der Waals surface area contributed by atoms with Crippen molar-refractivity contribution in [2.24, 2.45) is 0 Å². The Balaban J connectivity index is 1.45. The molecule has 5 aromatic rings.